The zero-order valence-corrected chi connectivity index (χ0v) is 30.3. The Labute approximate surface area is 295 Å². The second kappa shape index (κ2) is 15.1. The van der Waals surface area contributed by atoms with Crippen molar-refractivity contribution in [2.24, 2.45) is 4.99 Å². The summed E-state index contributed by atoms with van der Waals surface area (Å²) in [5.41, 5.74) is 2.58. The molecule has 12 heteroatoms. The lowest BCUT2D eigenvalue weighted by molar-refractivity contribution is -0.139. The van der Waals surface area contributed by atoms with Crippen LogP contribution >= 0.6 is 50.5 Å². The van der Waals surface area contributed by atoms with Crippen molar-refractivity contribution in [3.05, 3.63) is 117 Å². The molecule has 0 amide bonds. The minimum absolute atomic E-state index is 0.129. The number of para-hydroxylation sites is 1. The number of thiazole rings is 1. The van der Waals surface area contributed by atoms with Crippen molar-refractivity contribution in [1.82, 2.24) is 4.57 Å². The number of carbonyl (C=O) groups excluding carboxylic acids is 1. The number of aromatic nitrogens is 1. The SMILES string of the molecule is CCOC(=O)C1=C(C)N=c2s/c(=C/c3cc(Br)c(OCc4ccc(Cl)cc4Cl)c(OCC)c3)c(=O)n2[C@H]1c1ccccc1OC(C)C. The van der Waals surface area contributed by atoms with E-state index in [2.05, 4.69) is 15.9 Å². The number of rotatable bonds is 11. The molecule has 0 saturated heterocycles. The molecule has 1 aromatic heterocycles. The number of nitrogens with zero attached hydrogens (tertiary/aromatic N) is 2. The van der Waals surface area contributed by atoms with E-state index in [0.29, 0.717) is 64.5 Å². The maximum absolute atomic E-state index is 14.2. The molecule has 8 nitrogen and oxygen atoms in total. The van der Waals surface area contributed by atoms with E-state index in [1.807, 2.05) is 63.2 Å². The molecule has 1 aliphatic rings. The fraction of sp³-hybridized carbons (Fsp3) is 0.286. The van der Waals surface area contributed by atoms with Crippen LogP contribution in [0.15, 0.2) is 80.1 Å². The monoisotopic (exact) mass is 758 g/mol. The lowest BCUT2D eigenvalue weighted by Crippen LogP contribution is -2.40. The van der Waals surface area contributed by atoms with Crippen LogP contribution in [0.25, 0.3) is 6.08 Å². The van der Waals surface area contributed by atoms with Gasteiger partial charge in [-0.1, -0.05) is 58.8 Å². The van der Waals surface area contributed by atoms with Gasteiger partial charge in [-0.15, -0.1) is 0 Å². The summed E-state index contributed by atoms with van der Waals surface area (Å²) in [5.74, 6) is 1.02. The lowest BCUT2D eigenvalue weighted by atomic mass is 9.95. The standard InChI is InChI=1S/C35H33BrCl2N2O6S/c1-6-43-28-15-21(14-25(36)32(28)45-18-22-12-13-23(37)17-26(22)38)16-29-33(41)40-31(24-10-8-9-11-27(24)46-19(3)4)30(34(42)44-7-2)20(5)39-35(40)47-29/h8-17,19,31H,6-7,18H2,1-5H3/b29-16+/t31-/m0/s1. The molecular weight excluding hydrogens is 727 g/mol. The zero-order chi connectivity index (χ0) is 33.8. The van der Waals surface area contributed by atoms with Crippen molar-refractivity contribution >= 4 is 62.5 Å². The summed E-state index contributed by atoms with van der Waals surface area (Å²) >= 11 is 17.3. The number of benzene rings is 3. The van der Waals surface area contributed by atoms with Gasteiger partial charge in [0.1, 0.15) is 18.4 Å². The molecule has 246 valence electrons. The highest BCUT2D eigenvalue weighted by Crippen LogP contribution is 2.39. The number of halogens is 3. The Bertz CT molecular complexity index is 2040. The van der Waals surface area contributed by atoms with E-state index < -0.39 is 12.0 Å². The highest BCUT2D eigenvalue weighted by Gasteiger charge is 2.35. The maximum Gasteiger partial charge on any atom is 0.338 e. The van der Waals surface area contributed by atoms with E-state index >= 15 is 0 Å². The maximum atomic E-state index is 14.2. The molecule has 4 aromatic rings. The average Bonchev–Trinajstić information content (AvgIpc) is 3.31. The normalized spacial score (nSPS) is 14.6. The Balaban J connectivity index is 1.61. The van der Waals surface area contributed by atoms with Gasteiger partial charge in [-0.25, -0.2) is 9.79 Å². The van der Waals surface area contributed by atoms with Crippen LogP contribution in [-0.4, -0.2) is 29.9 Å². The van der Waals surface area contributed by atoms with Crippen LogP contribution in [0.2, 0.25) is 10.0 Å². The van der Waals surface area contributed by atoms with E-state index in [0.717, 1.165) is 5.56 Å². The van der Waals surface area contributed by atoms with Gasteiger partial charge in [0.05, 0.1) is 39.6 Å². The van der Waals surface area contributed by atoms with Crippen molar-refractivity contribution in [2.75, 3.05) is 13.2 Å². The molecule has 1 aliphatic heterocycles. The van der Waals surface area contributed by atoms with Crippen molar-refractivity contribution in [3.8, 4) is 17.2 Å². The summed E-state index contributed by atoms with van der Waals surface area (Å²) in [6.07, 6.45) is 1.64. The summed E-state index contributed by atoms with van der Waals surface area (Å²) in [6, 6.07) is 15.5. The van der Waals surface area contributed by atoms with Gasteiger partial charge in [0.15, 0.2) is 16.3 Å². The molecule has 0 aliphatic carbocycles. The van der Waals surface area contributed by atoms with Gasteiger partial charge in [-0.2, -0.15) is 0 Å². The van der Waals surface area contributed by atoms with Crippen LogP contribution < -0.4 is 29.1 Å². The molecule has 0 unspecified atom stereocenters. The second-order valence-electron chi connectivity index (χ2n) is 10.8. The van der Waals surface area contributed by atoms with Crippen LogP contribution in [-0.2, 0) is 16.1 Å². The van der Waals surface area contributed by atoms with Crippen LogP contribution in [0.4, 0.5) is 0 Å². The second-order valence-corrected chi connectivity index (χ2v) is 13.5. The van der Waals surface area contributed by atoms with E-state index in [-0.39, 0.29) is 30.5 Å². The van der Waals surface area contributed by atoms with Crippen LogP contribution in [0, 0.1) is 0 Å². The van der Waals surface area contributed by atoms with Crippen LogP contribution in [0.3, 0.4) is 0 Å². The minimum atomic E-state index is -0.802. The minimum Gasteiger partial charge on any atom is -0.491 e. The van der Waals surface area contributed by atoms with Gasteiger partial charge in [0.2, 0.25) is 0 Å². The quantitative estimate of drug-likeness (QED) is 0.146. The van der Waals surface area contributed by atoms with E-state index in [9.17, 15) is 9.59 Å². The molecule has 5 rings (SSSR count). The topological polar surface area (TPSA) is 88.4 Å². The van der Waals surface area contributed by atoms with E-state index in [1.165, 1.54) is 11.3 Å². The summed E-state index contributed by atoms with van der Waals surface area (Å²) in [6.45, 7) is 9.99. The fourth-order valence-corrected chi connectivity index (χ4v) is 7.25. The predicted molar refractivity (Wildman–Crippen MR) is 189 cm³/mol. The number of allylic oxidation sites excluding steroid dienone is 1. The Morgan fingerprint density at radius 3 is 2.53 bits per heavy atom. The van der Waals surface area contributed by atoms with Crippen LogP contribution in [0.1, 0.15) is 57.4 Å². The van der Waals surface area contributed by atoms with Gasteiger partial charge in [-0.3, -0.25) is 9.36 Å². The summed E-state index contributed by atoms with van der Waals surface area (Å²) in [7, 11) is 0. The average molecular weight is 761 g/mol. The number of ether oxygens (including phenoxy) is 4. The summed E-state index contributed by atoms with van der Waals surface area (Å²) in [4.78, 5) is 32.7. The number of hydrogen-bond acceptors (Lipinski definition) is 8. The third-order valence-electron chi connectivity index (χ3n) is 7.11. The van der Waals surface area contributed by atoms with Gasteiger partial charge in [-0.05, 0) is 92.5 Å². The highest BCUT2D eigenvalue weighted by atomic mass is 79.9. The molecule has 0 bridgehead atoms. The number of hydrogen-bond donors (Lipinski definition) is 0. The fourth-order valence-electron chi connectivity index (χ4n) is 5.17. The molecule has 0 N–H and O–H groups in total. The molecular formula is C35H33BrCl2N2O6S. The number of esters is 1. The Morgan fingerprint density at radius 1 is 1.06 bits per heavy atom. The molecule has 0 spiro atoms. The summed E-state index contributed by atoms with van der Waals surface area (Å²) in [5, 5.41) is 1.04. The smallest absolute Gasteiger partial charge is 0.338 e. The highest BCUT2D eigenvalue weighted by molar-refractivity contribution is 9.10. The molecule has 0 radical (unpaired) electrons. The third kappa shape index (κ3) is 7.62. The Morgan fingerprint density at radius 2 is 1.83 bits per heavy atom. The molecule has 1 atom stereocenters. The van der Waals surface area contributed by atoms with Gasteiger partial charge >= 0.3 is 5.97 Å². The summed E-state index contributed by atoms with van der Waals surface area (Å²) < 4.78 is 26.2. The van der Waals surface area contributed by atoms with E-state index in [1.54, 1.807) is 36.6 Å². The van der Waals surface area contributed by atoms with Crippen molar-refractivity contribution in [3.63, 3.8) is 0 Å². The molecule has 2 heterocycles. The van der Waals surface area contributed by atoms with Gasteiger partial charge in [0, 0.05) is 21.2 Å². The zero-order valence-electron chi connectivity index (χ0n) is 26.4. The Kier molecular flexibility index (Phi) is 11.2. The van der Waals surface area contributed by atoms with Gasteiger partial charge in [0.25, 0.3) is 5.56 Å². The lowest BCUT2D eigenvalue weighted by Gasteiger charge is -2.26. The number of fused-ring (bicyclic) bond motifs is 1. The van der Waals surface area contributed by atoms with Crippen LogP contribution in [0.5, 0.6) is 17.2 Å². The first-order valence-electron chi connectivity index (χ1n) is 15.0. The first-order chi connectivity index (χ1) is 22.5. The molecule has 47 heavy (non-hydrogen) atoms. The van der Waals surface area contributed by atoms with Crippen molar-refractivity contribution < 1.29 is 23.7 Å². The molecule has 0 saturated carbocycles. The van der Waals surface area contributed by atoms with Crippen molar-refractivity contribution in [2.45, 2.75) is 53.4 Å². The van der Waals surface area contributed by atoms with Gasteiger partial charge < -0.3 is 18.9 Å². The predicted octanol–water partition coefficient (Wildman–Crippen LogP) is 7.63. The van der Waals surface area contributed by atoms with E-state index in [4.69, 9.17) is 47.1 Å². The molecule has 0 fully saturated rings. The molecule has 3 aromatic carbocycles. The Hall–Kier alpha value is -3.57. The first-order valence-corrected chi connectivity index (χ1v) is 17.4. The van der Waals surface area contributed by atoms with Crippen molar-refractivity contribution in [1.29, 1.82) is 0 Å². The third-order valence-corrected chi connectivity index (χ3v) is 9.27. The largest absolute Gasteiger partial charge is 0.491 e. The number of carbonyl (C=O) groups is 1. The first kappa shape index (κ1) is 34.8.